The first-order chi connectivity index (χ1) is 14.7. The van der Waals surface area contributed by atoms with Gasteiger partial charge in [-0.05, 0) is 63.7 Å². The third-order valence-corrected chi connectivity index (χ3v) is 6.29. The average molecular weight is 427 g/mol. The number of fused-ring (bicyclic) bond motifs is 1. The van der Waals surface area contributed by atoms with Crippen LogP contribution in [0.3, 0.4) is 0 Å². The Morgan fingerprint density at radius 1 is 1.29 bits per heavy atom. The molecule has 0 aromatic heterocycles. The van der Waals surface area contributed by atoms with Crippen LogP contribution in [0.1, 0.15) is 24.0 Å². The predicted molar refractivity (Wildman–Crippen MR) is 122 cm³/mol. The third-order valence-electron chi connectivity index (χ3n) is 6.29. The molecule has 2 aromatic rings. The van der Waals surface area contributed by atoms with Gasteiger partial charge in [-0.15, -0.1) is 0 Å². The van der Waals surface area contributed by atoms with E-state index in [1.165, 1.54) is 6.07 Å². The fraction of sp³-hybridized carbons (Fsp3) is 0.458. The summed E-state index contributed by atoms with van der Waals surface area (Å²) in [4.78, 5) is 17.1. The van der Waals surface area contributed by atoms with Crippen LogP contribution in [0, 0.1) is 12.7 Å². The number of hydrogen-bond donors (Lipinski definition) is 3. The van der Waals surface area contributed by atoms with Crippen molar-refractivity contribution < 1.29 is 14.3 Å². The van der Waals surface area contributed by atoms with E-state index in [-0.39, 0.29) is 11.7 Å². The number of benzene rings is 2. The summed E-state index contributed by atoms with van der Waals surface area (Å²) in [6.07, 6.45) is 1.75. The maximum Gasteiger partial charge on any atom is 0.247 e. The van der Waals surface area contributed by atoms with Gasteiger partial charge in [0, 0.05) is 48.7 Å². The molecule has 7 heteroatoms. The molecule has 31 heavy (non-hydrogen) atoms. The Balaban J connectivity index is 1.39. The summed E-state index contributed by atoms with van der Waals surface area (Å²) in [5.74, 6) is -0.448. The van der Waals surface area contributed by atoms with Gasteiger partial charge in [0.05, 0.1) is 5.60 Å². The van der Waals surface area contributed by atoms with Crippen molar-refractivity contribution in [2.45, 2.75) is 37.8 Å². The van der Waals surface area contributed by atoms with Crippen molar-refractivity contribution in [3.05, 3.63) is 53.3 Å². The van der Waals surface area contributed by atoms with Crippen LogP contribution >= 0.6 is 0 Å². The molecule has 1 fully saturated rings. The number of hydrogen-bond acceptors (Lipinski definition) is 5. The molecule has 0 saturated carbocycles. The van der Waals surface area contributed by atoms with Gasteiger partial charge in [-0.1, -0.05) is 12.1 Å². The van der Waals surface area contributed by atoms with E-state index in [0.717, 1.165) is 30.0 Å². The Morgan fingerprint density at radius 3 is 2.71 bits per heavy atom. The van der Waals surface area contributed by atoms with Crippen molar-refractivity contribution in [2.24, 2.45) is 0 Å². The van der Waals surface area contributed by atoms with Crippen LogP contribution < -0.4 is 15.5 Å². The molecule has 4 rings (SSSR count). The molecular formula is C24H31FN4O2. The average Bonchev–Trinajstić information content (AvgIpc) is 3.18. The highest BCUT2D eigenvalue weighted by atomic mass is 19.1. The van der Waals surface area contributed by atoms with E-state index in [0.29, 0.717) is 37.1 Å². The molecule has 0 bridgehead atoms. The molecule has 2 aliphatic heterocycles. The minimum Gasteiger partial charge on any atom is -0.388 e. The van der Waals surface area contributed by atoms with Crippen molar-refractivity contribution >= 4 is 23.0 Å². The zero-order chi connectivity index (χ0) is 22.2. The molecule has 3 N–H and O–H groups in total. The summed E-state index contributed by atoms with van der Waals surface area (Å²) in [5, 5.41) is 16.9. The lowest BCUT2D eigenvalue weighted by molar-refractivity contribution is -0.116. The summed E-state index contributed by atoms with van der Waals surface area (Å²) in [5.41, 5.74) is 3.33. The second-order valence-corrected chi connectivity index (χ2v) is 9.11. The number of nitrogens with one attached hydrogen (secondary N) is 2. The fourth-order valence-corrected chi connectivity index (χ4v) is 4.67. The van der Waals surface area contributed by atoms with Crippen LogP contribution in [-0.2, 0) is 11.2 Å². The number of aliphatic hydroxyl groups is 1. The lowest BCUT2D eigenvalue weighted by atomic mass is 9.90. The van der Waals surface area contributed by atoms with Crippen LogP contribution in [0.5, 0.6) is 0 Å². The number of carbonyl (C=O) groups excluding carboxylic acids is 1. The molecular weight excluding hydrogens is 395 g/mol. The van der Waals surface area contributed by atoms with Crippen LogP contribution in [0.25, 0.3) is 0 Å². The van der Waals surface area contributed by atoms with E-state index >= 15 is 0 Å². The number of nitrogens with zero attached hydrogens (tertiary/aromatic N) is 2. The number of amides is 1. The smallest absolute Gasteiger partial charge is 0.247 e. The lowest BCUT2D eigenvalue weighted by Crippen LogP contribution is -2.49. The number of halogens is 1. The molecule has 6 nitrogen and oxygen atoms in total. The van der Waals surface area contributed by atoms with E-state index in [1.807, 2.05) is 50.2 Å². The van der Waals surface area contributed by atoms with E-state index in [4.69, 9.17) is 0 Å². The first kappa shape index (κ1) is 21.6. The zero-order valence-electron chi connectivity index (χ0n) is 18.4. The molecule has 2 aromatic carbocycles. The second-order valence-electron chi connectivity index (χ2n) is 9.11. The summed E-state index contributed by atoms with van der Waals surface area (Å²) in [6.45, 7) is 4.10. The molecule has 1 saturated heterocycles. The largest absolute Gasteiger partial charge is 0.388 e. The first-order valence-electron chi connectivity index (χ1n) is 10.8. The highest BCUT2D eigenvalue weighted by Gasteiger charge is 2.33. The van der Waals surface area contributed by atoms with E-state index < -0.39 is 11.6 Å². The van der Waals surface area contributed by atoms with E-state index in [2.05, 4.69) is 15.5 Å². The van der Waals surface area contributed by atoms with Gasteiger partial charge in [0.2, 0.25) is 5.91 Å². The van der Waals surface area contributed by atoms with Crippen molar-refractivity contribution in [1.29, 1.82) is 0 Å². The maximum atomic E-state index is 14.1. The highest BCUT2D eigenvalue weighted by molar-refractivity contribution is 5.98. The fourth-order valence-electron chi connectivity index (χ4n) is 4.67. The Bertz CT molecular complexity index is 939. The number of rotatable bonds is 5. The Hall–Kier alpha value is -2.64. The van der Waals surface area contributed by atoms with Gasteiger partial charge in [-0.3, -0.25) is 4.79 Å². The summed E-state index contributed by atoms with van der Waals surface area (Å²) in [6, 6.07) is 10.5. The standard InChI is InChI=1S/C24H31FN4O2/c1-16-7-8-20(25)19-14-21(27-22(16)19)23(30)26-17-5-4-6-18(13-17)29-11-9-24(31,10-12-29)15-28(2)3/h4-8,13,21,27,31H,9-12,14-15H2,1-3H3,(H,26,30). The number of anilines is 3. The summed E-state index contributed by atoms with van der Waals surface area (Å²) < 4.78 is 14.1. The van der Waals surface area contributed by atoms with E-state index in [9.17, 15) is 14.3 Å². The van der Waals surface area contributed by atoms with E-state index in [1.54, 1.807) is 6.07 Å². The Morgan fingerprint density at radius 2 is 2.03 bits per heavy atom. The molecule has 2 aliphatic rings. The highest BCUT2D eigenvalue weighted by Crippen LogP contribution is 2.32. The van der Waals surface area contributed by atoms with Gasteiger partial charge in [-0.25, -0.2) is 4.39 Å². The van der Waals surface area contributed by atoms with Gasteiger partial charge in [0.15, 0.2) is 0 Å². The number of piperidine rings is 1. The van der Waals surface area contributed by atoms with Gasteiger partial charge in [0.1, 0.15) is 11.9 Å². The van der Waals surface area contributed by atoms with Gasteiger partial charge < -0.3 is 25.5 Å². The molecule has 1 amide bonds. The monoisotopic (exact) mass is 426 g/mol. The molecule has 166 valence electrons. The summed E-state index contributed by atoms with van der Waals surface area (Å²) >= 11 is 0. The third kappa shape index (κ3) is 4.67. The molecule has 0 radical (unpaired) electrons. The van der Waals surface area contributed by atoms with Crippen molar-refractivity contribution in [3.8, 4) is 0 Å². The first-order valence-corrected chi connectivity index (χ1v) is 10.8. The minimum absolute atomic E-state index is 0.175. The molecule has 2 heterocycles. The van der Waals surface area contributed by atoms with Crippen LogP contribution in [-0.4, -0.2) is 61.3 Å². The minimum atomic E-state index is -0.650. The molecule has 0 aliphatic carbocycles. The van der Waals surface area contributed by atoms with Gasteiger partial charge in [0.25, 0.3) is 0 Å². The predicted octanol–water partition coefficient (Wildman–Crippen LogP) is 3.00. The quantitative estimate of drug-likeness (QED) is 0.686. The van der Waals surface area contributed by atoms with Crippen LogP contribution in [0.15, 0.2) is 36.4 Å². The van der Waals surface area contributed by atoms with Crippen LogP contribution in [0.4, 0.5) is 21.5 Å². The van der Waals surface area contributed by atoms with Crippen molar-refractivity contribution in [2.75, 3.05) is 49.3 Å². The summed E-state index contributed by atoms with van der Waals surface area (Å²) in [7, 11) is 3.95. The molecule has 1 atom stereocenters. The zero-order valence-corrected chi connectivity index (χ0v) is 18.4. The number of aryl methyl sites for hydroxylation is 1. The SMILES string of the molecule is Cc1ccc(F)c2c1NC(C(=O)Nc1cccc(N3CCC(O)(CN(C)C)CC3)c1)C2. The second kappa shape index (κ2) is 8.48. The lowest BCUT2D eigenvalue weighted by Gasteiger charge is -2.40. The van der Waals surface area contributed by atoms with Gasteiger partial charge in [-0.2, -0.15) is 0 Å². The molecule has 0 spiro atoms. The number of carbonyl (C=O) groups is 1. The molecule has 1 unspecified atom stereocenters. The van der Waals surface area contributed by atoms with Gasteiger partial charge >= 0.3 is 0 Å². The Kier molecular flexibility index (Phi) is 5.90. The van der Waals surface area contributed by atoms with Crippen molar-refractivity contribution in [3.63, 3.8) is 0 Å². The number of likely N-dealkylation sites (N-methyl/N-ethyl adjacent to an activating group) is 1. The Labute approximate surface area is 183 Å². The topological polar surface area (TPSA) is 67.8 Å². The normalized spacial score (nSPS) is 19.8. The van der Waals surface area contributed by atoms with Crippen molar-refractivity contribution in [1.82, 2.24) is 4.90 Å². The van der Waals surface area contributed by atoms with Crippen LogP contribution in [0.2, 0.25) is 0 Å². The maximum absolute atomic E-state index is 14.1.